The molecule has 18 heavy (non-hydrogen) atoms. The zero-order valence-electron chi connectivity index (χ0n) is 10.8. The summed E-state index contributed by atoms with van der Waals surface area (Å²) in [5, 5.41) is 0. The highest BCUT2D eigenvalue weighted by atomic mass is 19.1. The molecule has 0 bridgehead atoms. The second-order valence-corrected chi connectivity index (χ2v) is 4.85. The molecule has 0 spiro atoms. The van der Waals surface area contributed by atoms with Crippen molar-refractivity contribution >= 4 is 5.78 Å². The Bertz CT molecular complexity index is 453. The maximum atomic E-state index is 14.1. The summed E-state index contributed by atoms with van der Waals surface area (Å²) < 4.78 is 18.9. The Hall–Kier alpha value is -1.45. The van der Waals surface area contributed by atoms with Crippen LogP contribution in [0.5, 0.6) is 5.88 Å². The van der Waals surface area contributed by atoms with E-state index >= 15 is 0 Å². The molecule has 1 aromatic rings. The van der Waals surface area contributed by atoms with Crippen molar-refractivity contribution in [3.8, 4) is 5.88 Å². The SMILES string of the molecule is CCC1(C(=O)c2ccnc(OC)c2F)CCCC1. The number of pyridine rings is 1. The average molecular weight is 251 g/mol. The van der Waals surface area contributed by atoms with E-state index in [1.165, 1.54) is 19.4 Å². The molecule has 1 aromatic heterocycles. The number of hydrogen-bond donors (Lipinski definition) is 0. The molecule has 0 N–H and O–H groups in total. The highest BCUT2D eigenvalue weighted by Crippen LogP contribution is 2.44. The van der Waals surface area contributed by atoms with Crippen LogP contribution in [0.4, 0.5) is 4.39 Å². The minimum atomic E-state index is -0.635. The van der Waals surface area contributed by atoms with Crippen molar-refractivity contribution in [1.29, 1.82) is 0 Å². The first kappa shape index (κ1) is 13.0. The number of methoxy groups -OCH3 is 1. The lowest BCUT2D eigenvalue weighted by atomic mass is 9.76. The zero-order chi connectivity index (χ0) is 13.2. The largest absolute Gasteiger partial charge is 0.479 e. The van der Waals surface area contributed by atoms with Gasteiger partial charge in [-0.05, 0) is 25.3 Å². The van der Waals surface area contributed by atoms with E-state index in [1.807, 2.05) is 6.92 Å². The number of ketones is 1. The van der Waals surface area contributed by atoms with Gasteiger partial charge in [0.1, 0.15) is 0 Å². The number of nitrogens with zero attached hydrogens (tertiary/aromatic N) is 1. The van der Waals surface area contributed by atoms with Gasteiger partial charge in [-0.15, -0.1) is 0 Å². The molecule has 0 aromatic carbocycles. The fourth-order valence-corrected chi connectivity index (χ4v) is 2.82. The highest BCUT2D eigenvalue weighted by molar-refractivity contribution is 6.01. The molecule has 0 atom stereocenters. The predicted molar refractivity (Wildman–Crippen MR) is 66.3 cm³/mol. The summed E-state index contributed by atoms with van der Waals surface area (Å²) in [6.45, 7) is 2.00. The standard InChI is InChI=1S/C14H18FNO2/c1-3-14(7-4-5-8-14)12(17)10-6-9-16-13(18-2)11(10)15/h6,9H,3-5,7-8H2,1-2H3. The van der Waals surface area contributed by atoms with Crippen LogP contribution in [-0.4, -0.2) is 17.9 Å². The Morgan fingerprint density at radius 1 is 1.50 bits per heavy atom. The molecule has 1 fully saturated rings. The summed E-state index contributed by atoms with van der Waals surface area (Å²) in [5.41, 5.74) is -0.265. The quantitative estimate of drug-likeness (QED) is 0.770. The molecular formula is C14H18FNO2. The summed E-state index contributed by atoms with van der Waals surface area (Å²) >= 11 is 0. The molecule has 0 aliphatic heterocycles. The molecule has 2 rings (SSSR count). The number of ether oxygens (including phenoxy) is 1. The van der Waals surface area contributed by atoms with Gasteiger partial charge >= 0.3 is 0 Å². The van der Waals surface area contributed by atoms with Crippen LogP contribution in [0.2, 0.25) is 0 Å². The lowest BCUT2D eigenvalue weighted by Gasteiger charge is -2.25. The van der Waals surface area contributed by atoms with Crippen LogP contribution < -0.4 is 4.74 Å². The second-order valence-electron chi connectivity index (χ2n) is 4.85. The van der Waals surface area contributed by atoms with Crippen molar-refractivity contribution in [3.63, 3.8) is 0 Å². The second kappa shape index (κ2) is 5.04. The van der Waals surface area contributed by atoms with E-state index in [0.29, 0.717) is 0 Å². The molecular weight excluding hydrogens is 233 g/mol. The normalized spacial score (nSPS) is 17.7. The van der Waals surface area contributed by atoms with E-state index in [-0.39, 0.29) is 22.6 Å². The van der Waals surface area contributed by atoms with E-state index in [1.54, 1.807) is 0 Å². The molecule has 3 nitrogen and oxygen atoms in total. The van der Waals surface area contributed by atoms with Crippen molar-refractivity contribution in [2.24, 2.45) is 5.41 Å². The fourth-order valence-electron chi connectivity index (χ4n) is 2.82. The van der Waals surface area contributed by atoms with Crippen LogP contribution in [0.15, 0.2) is 12.3 Å². The van der Waals surface area contributed by atoms with Gasteiger partial charge in [-0.2, -0.15) is 0 Å². The first-order valence-corrected chi connectivity index (χ1v) is 6.38. The first-order valence-electron chi connectivity index (χ1n) is 6.38. The Morgan fingerprint density at radius 3 is 2.72 bits per heavy atom. The van der Waals surface area contributed by atoms with Gasteiger partial charge < -0.3 is 4.74 Å². The molecule has 1 saturated carbocycles. The Labute approximate surface area is 106 Å². The van der Waals surface area contributed by atoms with Gasteiger partial charge in [-0.3, -0.25) is 4.79 Å². The smallest absolute Gasteiger partial charge is 0.250 e. The van der Waals surface area contributed by atoms with Crippen molar-refractivity contribution in [1.82, 2.24) is 4.98 Å². The number of aromatic nitrogens is 1. The lowest BCUT2D eigenvalue weighted by Crippen LogP contribution is -2.28. The van der Waals surface area contributed by atoms with Gasteiger partial charge in [0, 0.05) is 11.6 Å². The van der Waals surface area contributed by atoms with E-state index in [4.69, 9.17) is 4.74 Å². The van der Waals surface area contributed by atoms with E-state index < -0.39 is 5.82 Å². The third-order valence-corrected chi connectivity index (χ3v) is 4.01. The highest BCUT2D eigenvalue weighted by Gasteiger charge is 2.41. The maximum Gasteiger partial charge on any atom is 0.250 e. The number of Topliss-reactive ketones (excluding diaryl/α,β-unsaturated/α-hetero) is 1. The van der Waals surface area contributed by atoms with Gasteiger partial charge in [-0.1, -0.05) is 19.8 Å². The summed E-state index contributed by atoms with van der Waals surface area (Å²) in [6, 6.07) is 1.45. The number of carbonyl (C=O) groups excluding carboxylic acids is 1. The van der Waals surface area contributed by atoms with Crippen LogP contribution in [0.3, 0.4) is 0 Å². The Morgan fingerprint density at radius 2 is 2.17 bits per heavy atom. The third-order valence-electron chi connectivity index (χ3n) is 4.01. The minimum absolute atomic E-state index is 0.0966. The van der Waals surface area contributed by atoms with Crippen molar-refractivity contribution in [2.75, 3.05) is 7.11 Å². The van der Waals surface area contributed by atoms with Gasteiger partial charge in [0.15, 0.2) is 11.6 Å². The summed E-state index contributed by atoms with van der Waals surface area (Å²) in [7, 11) is 1.35. The van der Waals surface area contributed by atoms with Crippen molar-refractivity contribution < 1.29 is 13.9 Å². The molecule has 4 heteroatoms. The van der Waals surface area contributed by atoms with E-state index in [0.717, 1.165) is 32.1 Å². The average Bonchev–Trinajstić information content (AvgIpc) is 2.88. The molecule has 0 unspecified atom stereocenters. The number of carbonyl (C=O) groups is 1. The summed E-state index contributed by atoms with van der Waals surface area (Å²) in [4.78, 5) is 16.3. The van der Waals surface area contributed by atoms with Crippen LogP contribution in [0.1, 0.15) is 49.4 Å². The predicted octanol–water partition coefficient (Wildman–Crippen LogP) is 3.38. The number of halogens is 1. The van der Waals surface area contributed by atoms with Gasteiger partial charge in [0.05, 0.1) is 12.7 Å². The minimum Gasteiger partial charge on any atom is -0.479 e. The zero-order valence-corrected chi connectivity index (χ0v) is 10.8. The first-order chi connectivity index (χ1) is 8.64. The van der Waals surface area contributed by atoms with E-state index in [9.17, 15) is 9.18 Å². The Balaban J connectivity index is 2.39. The van der Waals surface area contributed by atoms with Gasteiger partial charge in [0.25, 0.3) is 5.88 Å². The monoisotopic (exact) mass is 251 g/mol. The molecule has 98 valence electrons. The molecule has 0 saturated heterocycles. The van der Waals surface area contributed by atoms with Gasteiger partial charge in [-0.25, -0.2) is 9.37 Å². The van der Waals surface area contributed by atoms with Crippen LogP contribution in [-0.2, 0) is 0 Å². The van der Waals surface area contributed by atoms with Crippen molar-refractivity contribution in [3.05, 3.63) is 23.6 Å². The van der Waals surface area contributed by atoms with Crippen LogP contribution in [0.25, 0.3) is 0 Å². The van der Waals surface area contributed by atoms with Gasteiger partial charge in [0.2, 0.25) is 0 Å². The summed E-state index contributed by atoms with van der Waals surface area (Å²) in [6.07, 6.45) is 5.98. The third kappa shape index (κ3) is 2.00. The molecule has 0 amide bonds. The molecule has 1 aliphatic carbocycles. The Kier molecular flexibility index (Phi) is 3.64. The topological polar surface area (TPSA) is 39.2 Å². The van der Waals surface area contributed by atoms with Crippen LogP contribution >= 0.6 is 0 Å². The van der Waals surface area contributed by atoms with E-state index in [2.05, 4.69) is 4.98 Å². The fraction of sp³-hybridized carbons (Fsp3) is 0.571. The number of rotatable bonds is 4. The van der Waals surface area contributed by atoms with Crippen LogP contribution in [0, 0.1) is 11.2 Å². The van der Waals surface area contributed by atoms with Crippen molar-refractivity contribution in [2.45, 2.75) is 39.0 Å². The number of hydrogen-bond acceptors (Lipinski definition) is 3. The summed E-state index contributed by atoms with van der Waals surface area (Å²) in [5.74, 6) is -0.837. The molecule has 0 radical (unpaired) electrons. The molecule has 1 heterocycles. The lowest BCUT2D eigenvalue weighted by molar-refractivity contribution is 0.0785. The maximum absolute atomic E-state index is 14.1. The molecule has 1 aliphatic rings.